The first kappa shape index (κ1) is 15.0. The summed E-state index contributed by atoms with van der Waals surface area (Å²) in [7, 11) is 0. The molecule has 0 radical (unpaired) electrons. The van der Waals surface area contributed by atoms with Gasteiger partial charge in [0.15, 0.2) is 0 Å². The molecule has 0 saturated heterocycles. The largest absolute Gasteiger partial charge is 0.493 e. The van der Waals surface area contributed by atoms with E-state index in [-0.39, 0.29) is 0 Å². The lowest BCUT2D eigenvalue weighted by molar-refractivity contribution is 0.341. The third-order valence-corrected chi connectivity index (χ3v) is 3.87. The molecule has 0 fully saturated rings. The Bertz CT molecular complexity index is 525. The summed E-state index contributed by atoms with van der Waals surface area (Å²) in [6.45, 7) is 6.93. The van der Waals surface area contributed by atoms with Crippen LogP contribution in [0.5, 0.6) is 5.75 Å². The minimum Gasteiger partial charge on any atom is -0.493 e. The average molecular weight is 290 g/mol. The molecule has 20 heavy (non-hydrogen) atoms. The van der Waals surface area contributed by atoms with Gasteiger partial charge < -0.3 is 10.1 Å². The molecule has 1 heterocycles. The molecular weight excluding hydrogens is 268 g/mol. The summed E-state index contributed by atoms with van der Waals surface area (Å²) in [6.07, 6.45) is 2.16. The predicted molar refractivity (Wildman–Crippen MR) is 85.6 cm³/mol. The number of para-hydroxylation sites is 1. The van der Waals surface area contributed by atoms with Gasteiger partial charge in [-0.3, -0.25) is 0 Å². The Morgan fingerprint density at radius 2 is 2.05 bits per heavy atom. The fourth-order valence-electron chi connectivity index (χ4n) is 2.01. The van der Waals surface area contributed by atoms with Crippen molar-refractivity contribution in [1.29, 1.82) is 0 Å². The Morgan fingerprint density at radius 3 is 2.85 bits per heavy atom. The Kier molecular flexibility index (Phi) is 6.02. The number of aromatic nitrogens is 1. The van der Waals surface area contributed by atoms with E-state index in [2.05, 4.69) is 23.7 Å². The lowest BCUT2D eigenvalue weighted by Gasteiger charge is -2.07. The summed E-state index contributed by atoms with van der Waals surface area (Å²) in [5.74, 6) is 0.913. The van der Waals surface area contributed by atoms with Gasteiger partial charge in [-0.1, -0.05) is 19.1 Å². The average Bonchev–Trinajstić information content (AvgIpc) is 2.93. The van der Waals surface area contributed by atoms with Gasteiger partial charge in [0.05, 0.1) is 17.3 Å². The van der Waals surface area contributed by atoms with Crippen molar-refractivity contribution >= 4 is 11.3 Å². The van der Waals surface area contributed by atoms with Gasteiger partial charge in [-0.05, 0) is 32.0 Å². The van der Waals surface area contributed by atoms with Crippen molar-refractivity contribution in [3.05, 3.63) is 34.7 Å². The predicted octanol–water partition coefficient (Wildman–Crippen LogP) is 3.75. The molecule has 0 aliphatic rings. The lowest BCUT2D eigenvalue weighted by atomic mass is 10.1. The van der Waals surface area contributed by atoms with Crippen LogP contribution in [0.4, 0.5) is 0 Å². The summed E-state index contributed by atoms with van der Waals surface area (Å²) in [6, 6.07) is 8.09. The maximum atomic E-state index is 5.67. The van der Waals surface area contributed by atoms with Gasteiger partial charge >= 0.3 is 0 Å². The van der Waals surface area contributed by atoms with Gasteiger partial charge in [-0.2, -0.15) is 0 Å². The summed E-state index contributed by atoms with van der Waals surface area (Å²) >= 11 is 1.72. The highest BCUT2D eigenvalue weighted by atomic mass is 32.1. The van der Waals surface area contributed by atoms with Crippen LogP contribution in [0.25, 0.3) is 11.3 Å². The first-order valence-corrected chi connectivity index (χ1v) is 8.10. The second-order valence-corrected chi connectivity index (χ2v) is 5.50. The zero-order valence-electron chi connectivity index (χ0n) is 12.2. The lowest BCUT2D eigenvalue weighted by Crippen LogP contribution is -2.17. The molecule has 108 valence electrons. The zero-order valence-corrected chi connectivity index (χ0v) is 13.0. The van der Waals surface area contributed by atoms with Crippen molar-refractivity contribution in [2.45, 2.75) is 26.7 Å². The Morgan fingerprint density at radius 1 is 1.20 bits per heavy atom. The van der Waals surface area contributed by atoms with Gasteiger partial charge in [-0.15, -0.1) is 11.3 Å². The van der Waals surface area contributed by atoms with Crippen molar-refractivity contribution in [1.82, 2.24) is 10.3 Å². The molecular formula is C16H22N2OS. The third kappa shape index (κ3) is 4.05. The normalized spacial score (nSPS) is 10.7. The van der Waals surface area contributed by atoms with E-state index in [1.165, 1.54) is 11.4 Å². The van der Waals surface area contributed by atoms with Crippen molar-refractivity contribution in [3.8, 4) is 17.0 Å². The summed E-state index contributed by atoms with van der Waals surface area (Å²) in [5, 5.41) is 6.70. The van der Waals surface area contributed by atoms with Crippen molar-refractivity contribution < 1.29 is 4.74 Å². The SMILES string of the molecule is CCCNCCc1nc(-c2ccccc2OCC)cs1. The van der Waals surface area contributed by atoms with Gasteiger partial charge in [0.25, 0.3) is 0 Å². The van der Waals surface area contributed by atoms with E-state index in [9.17, 15) is 0 Å². The molecule has 3 nitrogen and oxygen atoms in total. The van der Waals surface area contributed by atoms with E-state index in [0.29, 0.717) is 6.61 Å². The topological polar surface area (TPSA) is 34.2 Å². The van der Waals surface area contributed by atoms with Gasteiger partial charge in [0.2, 0.25) is 0 Å². The van der Waals surface area contributed by atoms with E-state index < -0.39 is 0 Å². The van der Waals surface area contributed by atoms with Crippen LogP contribution in [-0.2, 0) is 6.42 Å². The molecule has 0 spiro atoms. The number of nitrogens with zero attached hydrogens (tertiary/aromatic N) is 1. The second kappa shape index (κ2) is 8.02. The molecule has 0 unspecified atom stereocenters. The summed E-state index contributed by atoms with van der Waals surface area (Å²) in [4.78, 5) is 4.72. The fourth-order valence-corrected chi connectivity index (χ4v) is 2.80. The molecule has 1 aromatic carbocycles. The van der Waals surface area contributed by atoms with Crippen LogP contribution in [0.2, 0.25) is 0 Å². The van der Waals surface area contributed by atoms with Crippen LogP contribution in [0.3, 0.4) is 0 Å². The maximum Gasteiger partial charge on any atom is 0.128 e. The number of rotatable bonds is 8. The number of nitrogens with one attached hydrogen (secondary N) is 1. The highest BCUT2D eigenvalue weighted by molar-refractivity contribution is 7.09. The fraction of sp³-hybridized carbons (Fsp3) is 0.438. The number of benzene rings is 1. The van der Waals surface area contributed by atoms with Crippen LogP contribution in [0.15, 0.2) is 29.6 Å². The first-order valence-electron chi connectivity index (χ1n) is 7.22. The Hall–Kier alpha value is -1.39. The Labute approximate surface area is 125 Å². The highest BCUT2D eigenvalue weighted by Crippen LogP contribution is 2.30. The summed E-state index contributed by atoms with van der Waals surface area (Å²) < 4.78 is 5.67. The third-order valence-electron chi connectivity index (χ3n) is 2.96. The van der Waals surface area contributed by atoms with Gasteiger partial charge in [-0.25, -0.2) is 4.98 Å². The van der Waals surface area contributed by atoms with E-state index in [4.69, 9.17) is 9.72 Å². The van der Waals surface area contributed by atoms with Gasteiger partial charge in [0, 0.05) is 23.9 Å². The second-order valence-electron chi connectivity index (χ2n) is 4.56. The van der Waals surface area contributed by atoms with Crippen LogP contribution in [0, 0.1) is 0 Å². The van der Waals surface area contributed by atoms with Crippen molar-refractivity contribution in [2.24, 2.45) is 0 Å². The maximum absolute atomic E-state index is 5.67. The quantitative estimate of drug-likeness (QED) is 0.752. The van der Waals surface area contributed by atoms with Crippen LogP contribution >= 0.6 is 11.3 Å². The summed E-state index contributed by atoms with van der Waals surface area (Å²) in [5.41, 5.74) is 2.10. The van der Waals surface area contributed by atoms with Crippen LogP contribution < -0.4 is 10.1 Å². The van der Waals surface area contributed by atoms with E-state index in [1.807, 2.05) is 25.1 Å². The van der Waals surface area contributed by atoms with E-state index >= 15 is 0 Å². The van der Waals surface area contributed by atoms with Crippen molar-refractivity contribution in [3.63, 3.8) is 0 Å². The molecule has 0 saturated carbocycles. The Balaban J connectivity index is 2.04. The minimum atomic E-state index is 0.676. The molecule has 0 aliphatic carbocycles. The van der Waals surface area contributed by atoms with Crippen LogP contribution in [-0.4, -0.2) is 24.7 Å². The number of ether oxygens (including phenoxy) is 1. The highest BCUT2D eigenvalue weighted by Gasteiger charge is 2.09. The van der Waals surface area contributed by atoms with E-state index in [0.717, 1.165) is 36.5 Å². The number of thiazole rings is 1. The van der Waals surface area contributed by atoms with Crippen LogP contribution in [0.1, 0.15) is 25.3 Å². The molecule has 0 amide bonds. The number of hydrogen-bond acceptors (Lipinski definition) is 4. The minimum absolute atomic E-state index is 0.676. The smallest absolute Gasteiger partial charge is 0.128 e. The molecule has 4 heteroatoms. The molecule has 2 aromatic rings. The molecule has 1 N–H and O–H groups in total. The van der Waals surface area contributed by atoms with Crippen molar-refractivity contribution in [2.75, 3.05) is 19.7 Å². The molecule has 0 atom stereocenters. The van der Waals surface area contributed by atoms with Gasteiger partial charge in [0.1, 0.15) is 5.75 Å². The molecule has 0 bridgehead atoms. The zero-order chi connectivity index (χ0) is 14.2. The van der Waals surface area contributed by atoms with E-state index in [1.54, 1.807) is 11.3 Å². The number of hydrogen-bond donors (Lipinski definition) is 1. The standard InChI is InChI=1S/C16H22N2OS/c1-3-10-17-11-9-16-18-14(12-20-16)13-7-5-6-8-15(13)19-4-2/h5-8,12,17H,3-4,9-11H2,1-2H3. The molecule has 2 rings (SSSR count). The molecule has 1 aromatic heterocycles. The first-order chi connectivity index (χ1) is 9.85. The monoisotopic (exact) mass is 290 g/mol. The molecule has 0 aliphatic heterocycles.